The van der Waals surface area contributed by atoms with Gasteiger partial charge in [-0.05, 0) is 54.4 Å². The lowest BCUT2D eigenvalue weighted by Crippen LogP contribution is -2.47. The monoisotopic (exact) mass is 448 g/mol. The molecule has 172 valence electrons. The summed E-state index contributed by atoms with van der Waals surface area (Å²) in [6.07, 6.45) is 2.33. The first-order valence-corrected chi connectivity index (χ1v) is 11.5. The van der Waals surface area contributed by atoms with Gasteiger partial charge in [0.05, 0.1) is 0 Å². The number of amides is 2. The lowest BCUT2D eigenvalue weighted by Gasteiger charge is -2.27. The van der Waals surface area contributed by atoms with Crippen LogP contribution in [0.4, 0.5) is 4.79 Å². The fourth-order valence-corrected chi connectivity index (χ4v) is 5.44. The maximum atomic E-state index is 12.8. The van der Waals surface area contributed by atoms with Crippen LogP contribution < -0.4 is 5.32 Å². The second-order valence-corrected chi connectivity index (χ2v) is 9.41. The summed E-state index contributed by atoms with van der Waals surface area (Å²) in [4.78, 5) is 38.3. The summed E-state index contributed by atoms with van der Waals surface area (Å²) >= 11 is 0. The standard InChI is InChI=1S/C26H28N2O5/c1-28(26(12-13-26)24(30)31)23(29)16-10-11-17(14-16)27-25(32)33-15-22-20-8-4-2-6-18(20)19-7-3-5-9-21(19)22/h2-9,16-17,22H,10-15H2,1H3,(H,27,32)(H,30,31)/t16-,17+/m0/s1. The number of hydrogen-bond donors (Lipinski definition) is 2. The Balaban J connectivity index is 1.16. The van der Waals surface area contributed by atoms with Crippen LogP contribution in [-0.4, -0.2) is 53.2 Å². The van der Waals surface area contributed by atoms with Crippen LogP contribution >= 0.6 is 0 Å². The zero-order valence-electron chi connectivity index (χ0n) is 18.6. The summed E-state index contributed by atoms with van der Waals surface area (Å²) in [6.45, 7) is 0.249. The number of ether oxygens (including phenoxy) is 1. The van der Waals surface area contributed by atoms with E-state index in [2.05, 4.69) is 29.6 Å². The van der Waals surface area contributed by atoms with Crippen LogP contribution in [-0.2, 0) is 14.3 Å². The molecule has 0 heterocycles. The number of carboxylic acid groups (broad SMARTS) is 1. The molecule has 7 nitrogen and oxygen atoms in total. The largest absolute Gasteiger partial charge is 0.479 e. The zero-order valence-corrected chi connectivity index (χ0v) is 18.6. The van der Waals surface area contributed by atoms with E-state index in [1.54, 1.807) is 7.05 Å². The topological polar surface area (TPSA) is 95.9 Å². The predicted octanol–water partition coefficient (Wildman–Crippen LogP) is 3.77. The van der Waals surface area contributed by atoms with Gasteiger partial charge in [-0.25, -0.2) is 9.59 Å². The number of carboxylic acids is 1. The molecule has 2 amide bonds. The highest BCUT2D eigenvalue weighted by Gasteiger charge is 2.56. The molecule has 2 saturated carbocycles. The second kappa shape index (κ2) is 8.21. The van der Waals surface area contributed by atoms with Crippen molar-refractivity contribution in [3.05, 3.63) is 59.7 Å². The van der Waals surface area contributed by atoms with E-state index in [0.717, 1.165) is 11.1 Å². The molecule has 3 aliphatic carbocycles. The van der Waals surface area contributed by atoms with Crippen molar-refractivity contribution in [3.63, 3.8) is 0 Å². The number of aliphatic carboxylic acids is 1. The summed E-state index contributed by atoms with van der Waals surface area (Å²) in [6, 6.07) is 16.2. The van der Waals surface area contributed by atoms with Gasteiger partial charge < -0.3 is 20.1 Å². The summed E-state index contributed by atoms with van der Waals surface area (Å²) in [7, 11) is 1.58. The highest BCUT2D eigenvalue weighted by atomic mass is 16.5. The van der Waals surface area contributed by atoms with E-state index >= 15 is 0 Å². The molecule has 3 aliphatic rings. The molecular weight excluding hydrogens is 420 g/mol. The summed E-state index contributed by atoms with van der Waals surface area (Å²) in [5.41, 5.74) is 3.65. The molecule has 0 spiro atoms. The number of hydrogen-bond acceptors (Lipinski definition) is 4. The molecule has 2 aromatic carbocycles. The Kier molecular flexibility index (Phi) is 5.35. The molecule has 0 radical (unpaired) electrons. The minimum absolute atomic E-state index is 0.000420. The molecular formula is C26H28N2O5. The number of nitrogens with one attached hydrogen (secondary N) is 1. The van der Waals surface area contributed by atoms with Crippen molar-refractivity contribution in [3.8, 4) is 11.1 Å². The number of rotatable bonds is 6. The third kappa shape index (κ3) is 3.75. The normalized spacial score (nSPS) is 22.2. The lowest BCUT2D eigenvalue weighted by molar-refractivity contribution is -0.152. The molecule has 2 fully saturated rings. The Hall–Kier alpha value is -3.35. The van der Waals surface area contributed by atoms with Crippen molar-refractivity contribution < 1.29 is 24.2 Å². The van der Waals surface area contributed by atoms with Gasteiger partial charge >= 0.3 is 12.1 Å². The van der Waals surface area contributed by atoms with E-state index in [0.29, 0.717) is 32.1 Å². The average Bonchev–Trinajstić information content (AvgIpc) is 3.41. The first-order chi connectivity index (χ1) is 15.9. The van der Waals surface area contributed by atoms with Gasteiger partial charge in [0, 0.05) is 24.9 Å². The van der Waals surface area contributed by atoms with Crippen LogP contribution in [0.3, 0.4) is 0 Å². The van der Waals surface area contributed by atoms with Gasteiger partial charge in [-0.1, -0.05) is 48.5 Å². The molecule has 0 aromatic heterocycles. The van der Waals surface area contributed by atoms with Gasteiger partial charge in [-0.15, -0.1) is 0 Å². The maximum Gasteiger partial charge on any atom is 0.407 e. The number of alkyl carbamates (subject to hydrolysis) is 1. The molecule has 2 atom stereocenters. The van der Waals surface area contributed by atoms with Gasteiger partial charge in [0.2, 0.25) is 5.91 Å². The number of nitrogens with zero attached hydrogens (tertiary/aromatic N) is 1. The molecule has 33 heavy (non-hydrogen) atoms. The number of likely N-dealkylation sites (N-methyl/N-ethyl adjacent to an activating group) is 1. The van der Waals surface area contributed by atoms with Crippen LogP contribution in [0.25, 0.3) is 11.1 Å². The van der Waals surface area contributed by atoms with E-state index in [9.17, 15) is 19.5 Å². The van der Waals surface area contributed by atoms with Crippen LogP contribution in [0.1, 0.15) is 49.1 Å². The van der Waals surface area contributed by atoms with Crippen LogP contribution in [0.5, 0.6) is 0 Å². The summed E-state index contributed by atoms with van der Waals surface area (Å²) < 4.78 is 5.62. The number of fused-ring (bicyclic) bond motifs is 3. The molecule has 0 unspecified atom stereocenters. The Morgan fingerprint density at radius 1 is 1.03 bits per heavy atom. The first-order valence-electron chi connectivity index (χ1n) is 11.5. The van der Waals surface area contributed by atoms with Crippen molar-refractivity contribution in [2.24, 2.45) is 5.92 Å². The van der Waals surface area contributed by atoms with E-state index in [4.69, 9.17) is 4.74 Å². The van der Waals surface area contributed by atoms with Crippen LogP contribution in [0.2, 0.25) is 0 Å². The number of carbonyl (C=O) groups is 3. The Bertz CT molecular complexity index is 1060. The molecule has 2 N–H and O–H groups in total. The van der Waals surface area contributed by atoms with Crippen molar-refractivity contribution in [1.82, 2.24) is 10.2 Å². The Morgan fingerprint density at radius 3 is 2.21 bits per heavy atom. The third-order valence-electron chi connectivity index (χ3n) is 7.54. The highest BCUT2D eigenvalue weighted by molar-refractivity contribution is 5.90. The molecule has 0 aliphatic heterocycles. The lowest BCUT2D eigenvalue weighted by atomic mass is 9.98. The third-order valence-corrected chi connectivity index (χ3v) is 7.54. The fraction of sp³-hybridized carbons (Fsp3) is 0.423. The van der Waals surface area contributed by atoms with Gasteiger partial charge in [-0.3, -0.25) is 4.79 Å². The van der Waals surface area contributed by atoms with E-state index in [1.807, 2.05) is 24.3 Å². The van der Waals surface area contributed by atoms with Crippen molar-refractivity contribution in [2.45, 2.75) is 49.6 Å². The Morgan fingerprint density at radius 2 is 1.64 bits per heavy atom. The summed E-state index contributed by atoms with van der Waals surface area (Å²) in [5.74, 6) is -1.36. The van der Waals surface area contributed by atoms with Crippen molar-refractivity contribution >= 4 is 18.0 Å². The van der Waals surface area contributed by atoms with E-state index in [-0.39, 0.29) is 30.4 Å². The van der Waals surface area contributed by atoms with E-state index in [1.165, 1.54) is 16.0 Å². The molecule has 5 rings (SSSR count). The quantitative estimate of drug-likeness (QED) is 0.701. The highest BCUT2D eigenvalue weighted by Crippen LogP contribution is 2.45. The minimum atomic E-state index is -1.03. The molecule has 7 heteroatoms. The van der Waals surface area contributed by atoms with Gasteiger partial charge in [0.25, 0.3) is 0 Å². The minimum Gasteiger partial charge on any atom is -0.479 e. The zero-order chi connectivity index (χ0) is 23.2. The molecule has 2 aromatic rings. The Labute approximate surface area is 192 Å². The smallest absolute Gasteiger partial charge is 0.407 e. The fourth-order valence-electron chi connectivity index (χ4n) is 5.44. The number of carbonyl (C=O) groups excluding carboxylic acids is 2. The van der Waals surface area contributed by atoms with Crippen LogP contribution in [0, 0.1) is 5.92 Å². The average molecular weight is 449 g/mol. The van der Waals surface area contributed by atoms with Crippen molar-refractivity contribution in [2.75, 3.05) is 13.7 Å². The maximum absolute atomic E-state index is 12.8. The first kappa shape index (κ1) is 21.5. The summed E-state index contributed by atoms with van der Waals surface area (Å²) in [5, 5.41) is 12.3. The van der Waals surface area contributed by atoms with Gasteiger partial charge in [0.15, 0.2) is 0 Å². The molecule has 0 bridgehead atoms. The van der Waals surface area contributed by atoms with E-state index < -0.39 is 17.6 Å². The number of benzene rings is 2. The molecule has 0 saturated heterocycles. The predicted molar refractivity (Wildman–Crippen MR) is 122 cm³/mol. The van der Waals surface area contributed by atoms with Gasteiger partial charge in [-0.2, -0.15) is 0 Å². The SMILES string of the molecule is CN(C(=O)[C@H]1CC[C@@H](NC(=O)OCC2c3ccccc3-c3ccccc32)C1)C1(C(=O)O)CC1. The second-order valence-electron chi connectivity index (χ2n) is 9.41. The van der Waals surface area contributed by atoms with Crippen molar-refractivity contribution in [1.29, 1.82) is 0 Å². The van der Waals surface area contributed by atoms with Gasteiger partial charge in [0.1, 0.15) is 12.1 Å². The van der Waals surface area contributed by atoms with Crippen LogP contribution in [0.15, 0.2) is 48.5 Å².